The molecule has 2 aromatic carbocycles. The highest BCUT2D eigenvalue weighted by Crippen LogP contribution is 2.12. The van der Waals surface area contributed by atoms with E-state index in [1.54, 1.807) is 0 Å². The number of nitrogens with zero attached hydrogens (tertiary/aromatic N) is 2. The van der Waals surface area contributed by atoms with Crippen LogP contribution in [-0.4, -0.2) is 63.0 Å². The number of hydrogen-bond acceptors (Lipinski definition) is 6. The van der Waals surface area contributed by atoms with E-state index in [0.29, 0.717) is 13.1 Å². The lowest BCUT2D eigenvalue weighted by Gasteiger charge is -2.09. The van der Waals surface area contributed by atoms with Crippen LogP contribution in [0.5, 0.6) is 0 Å². The van der Waals surface area contributed by atoms with Crippen LogP contribution in [-0.2, 0) is 0 Å². The quantitative estimate of drug-likeness (QED) is 0.248. The normalized spacial score (nSPS) is 14.2. The van der Waals surface area contributed by atoms with E-state index >= 15 is 0 Å². The van der Waals surface area contributed by atoms with Crippen molar-refractivity contribution < 1.29 is 9.59 Å². The second-order valence-electron chi connectivity index (χ2n) is 9.00. The van der Waals surface area contributed by atoms with Gasteiger partial charge in [-0.3, -0.25) is 9.98 Å². The first-order valence-corrected chi connectivity index (χ1v) is 13.0. The summed E-state index contributed by atoms with van der Waals surface area (Å²) in [6, 6.07) is 14.9. The first-order valence-electron chi connectivity index (χ1n) is 13.0. The molecule has 0 unspecified atom stereocenters. The van der Waals surface area contributed by atoms with Crippen LogP contribution in [0.25, 0.3) is 0 Å². The summed E-state index contributed by atoms with van der Waals surface area (Å²) in [5, 5.41) is 18.0. The Kier molecular flexibility index (Phi) is 9.74. The Hall–Kier alpha value is -4.08. The molecule has 196 valence electrons. The Labute approximate surface area is 217 Å². The van der Waals surface area contributed by atoms with Crippen molar-refractivity contribution in [1.29, 1.82) is 0 Å². The summed E-state index contributed by atoms with van der Waals surface area (Å²) in [6.45, 7) is 4.61. The number of unbranched alkanes of at least 4 members (excludes halogenated alkanes) is 4. The molecule has 0 saturated carbocycles. The van der Waals surface area contributed by atoms with E-state index < -0.39 is 0 Å². The zero-order chi connectivity index (χ0) is 25.7. The Morgan fingerprint density at radius 1 is 0.622 bits per heavy atom. The van der Waals surface area contributed by atoms with Gasteiger partial charge in [-0.05, 0) is 61.4 Å². The fraction of sp³-hybridized carbons (Fsp3) is 0.407. The van der Waals surface area contributed by atoms with Gasteiger partial charge in [0.25, 0.3) is 0 Å². The van der Waals surface area contributed by atoms with Crippen molar-refractivity contribution >= 4 is 35.1 Å². The molecule has 0 bridgehead atoms. The minimum atomic E-state index is -0.196. The lowest BCUT2D eigenvalue weighted by molar-refractivity contribution is 0.251. The van der Waals surface area contributed by atoms with Gasteiger partial charge >= 0.3 is 12.1 Å². The molecular weight excluding hydrogens is 468 g/mol. The fourth-order valence-electron chi connectivity index (χ4n) is 4.14. The van der Waals surface area contributed by atoms with E-state index in [1.165, 1.54) is 0 Å². The second kappa shape index (κ2) is 13.9. The standard InChI is InChI=1S/C27H36N8O2/c36-26(34-22-10-6-20(7-11-22)24-28-16-17-29-24)32-14-4-2-1-3-5-15-33-27(37)35-23-12-8-21(9-13-23)25-30-18-19-31-25/h6-13H,1-5,14-19H2,(H,28,29)(H,30,31)(H2,32,34,36)(H2,33,35,37). The monoisotopic (exact) mass is 504 g/mol. The molecule has 37 heavy (non-hydrogen) atoms. The summed E-state index contributed by atoms with van der Waals surface area (Å²) in [5.74, 6) is 1.81. The third-order valence-electron chi connectivity index (χ3n) is 6.11. The van der Waals surface area contributed by atoms with Crippen LogP contribution in [0.4, 0.5) is 21.0 Å². The van der Waals surface area contributed by atoms with E-state index in [2.05, 4.69) is 41.9 Å². The molecule has 6 N–H and O–H groups in total. The Balaban J connectivity index is 0.988. The molecule has 0 aliphatic carbocycles. The van der Waals surface area contributed by atoms with Gasteiger partial charge in [-0.15, -0.1) is 0 Å². The van der Waals surface area contributed by atoms with Crippen LogP contribution in [0.3, 0.4) is 0 Å². The van der Waals surface area contributed by atoms with Crippen LogP contribution >= 0.6 is 0 Å². The number of amidine groups is 2. The summed E-state index contributed by atoms with van der Waals surface area (Å²) in [5.41, 5.74) is 3.56. The predicted molar refractivity (Wildman–Crippen MR) is 149 cm³/mol. The topological polar surface area (TPSA) is 131 Å². The smallest absolute Gasteiger partial charge is 0.319 e. The fourth-order valence-corrected chi connectivity index (χ4v) is 4.14. The highest BCUT2D eigenvalue weighted by atomic mass is 16.2. The number of amides is 4. The van der Waals surface area contributed by atoms with Crippen molar-refractivity contribution in [3.8, 4) is 0 Å². The van der Waals surface area contributed by atoms with Crippen LogP contribution in [0, 0.1) is 0 Å². The van der Waals surface area contributed by atoms with Gasteiger partial charge in [0.15, 0.2) is 0 Å². The number of nitrogens with one attached hydrogen (secondary N) is 6. The molecule has 2 heterocycles. The number of benzene rings is 2. The van der Waals surface area contributed by atoms with Crippen molar-refractivity contribution in [2.24, 2.45) is 9.98 Å². The van der Waals surface area contributed by atoms with E-state index in [9.17, 15) is 9.59 Å². The molecule has 2 aliphatic rings. The largest absolute Gasteiger partial charge is 0.368 e. The maximum absolute atomic E-state index is 12.1. The number of anilines is 2. The molecule has 0 spiro atoms. The van der Waals surface area contributed by atoms with Crippen LogP contribution in [0.15, 0.2) is 58.5 Å². The van der Waals surface area contributed by atoms with Gasteiger partial charge in [-0.25, -0.2) is 9.59 Å². The molecule has 0 saturated heterocycles. The lowest BCUT2D eigenvalue weighted by Crippen LogP contribution is -2.29. The third-order valence-corrected chi connectivity index (χ3v) is 6.11. The Bertz CT molecular complexity index is 1010. The zero-order valence-electron chi connectivity index (χ0n) is 21.1. The molecule has 0 aromatic heterocycles. The van der Waals surface area contributed by atoms with E-state index in [1.807, 2.05) is 48.5 Å². The maximum Gasteiger partial charge on any atom is 0.319 e. The van der Waals surface area contributed by atoms with Crippen molar-refractivity contribution in [3.05, 3.63) is 59.7 Å². The third kappa shape index (κ3) is 8.52. The summed E-state index contributed by atoms with van der Waals surface area (Å²) in [6.07, 6.45) is 4.96. The zero-order valence-corrected chi connectivity index (χ0v) is 21.1. The van der Waals surface area contributed by atoms with Crippen LogP contribution < -0.4 is 31.9 Å². The van der Waals surface area contributed by atoms with E-state index in [-0.39, 0.29) is 12.1 Å². The highest BCUT2D eigenvalue weighted by Gasteiger charge is 2.09. The average Bonchev–Trinajstić information content (AvgIpc) is 3.64. The van der Waals surface area contributed by atoms with E-state index in [4.69, 9.17) is 0 Å². The highest BCUT2D eigenvalue weighted by molar-refractivity contribution is 6.01. The summed E-state index contributed by atoms with van der Waals surface area (Å²) >= 11 is 0. The van der Waals surface area contributed by atoms with Gasteiger partial charge in [0, 0.05) is 48.7 Å². The lowest BCUT2D eigenvalue weighted by atomic mass is 10.1. The Morgan fingerprint density at radius 2 is 1.03 bits per heavy atom. The first kappa shape index (κ1) is 26.0. The van der Waals surface area contributed by atoms with Gasteiger partial charge in [0.2, 0.25) is 0 Å². The number of carbonyl (C=O) groups excluding carboxylic acids is 2. The van der Waals surface area contributed by atoms with Crippen molar-refractivity contribution in [2.45, 2.75) is 32.1 Å². The summed E-state index contributed by atoms with van der Waals surface area (Å²) < 4.78 is 0. The minimum absolute atomic E-state index is 0.196. The average molecular weight is 505 g/mol. The van der Waals surface area contributed by atoms with Crippen LogP contribution in [0.2, 0.25) is 0 Å². The van der Waals surface area contributed by atoms with E-state index in [0.717, 1.165) is 92.5 Å². The van der Waals surface area contributed by atoms with Gasteiger partial charge in [-0.1, -0.05) is 19.3 Å². The molecule has 2 aliphatic heterocycles. The number of carbonyl (C=O) groups is 2. The van der Waals surface area contributed by atoms with Crippen molar-refractivity contribution in [1.82, 2.24) is 21.3 Å². The molecule has 4 amide bonds. The SMILES string of the molecule is O=C(NCCCCCCCNC(=O)Nc1ccc(C2=NCCN2)cc1)Nc1ccc(C2=NCCN2)cc1. The molecule has 2 aromatic rings. The molecule has 0 fully saturated rings. The van der Waals surface area contributed by atoms with Crippen LogP contribution in [0.1, 0.15) is 43.2 Å². The molecular formula is C27H36N8O2. The van der Waals surface area contributed by atoms with Gasteiger partial charge in [-0.2, -0.15) is 0 Å². The molecule has 4 rings (SSSR count). The number of urea groups is 2. The molecule has 0 radical (unpaired) electrons. The number of rotatable bonds is 12. The van der Waals surface area contributed by atoms with Crippen molar-refractivity contribution in [3.63, 3.8) is 0 Å². The first-order chi connectivity index (χ1) is 18.2. The molecule has 10 heteroatoms. The van der Waals surface area contributed by atoms with Gasteiger partial charge in [0.05, 0.1) is 13.1 Å². The maximum atomic E-state index is 12.1. The van der Waals surface area contributed by atoms with Crippen molar-refractivity contribution in [2.75, 3.05) is 49.9 Å². The molecule has 10 nitrogen and oxygen atoms in total. The summed E-state index contributed by atoms with van der Waals surface area (Å²) in [7, 11) is 0. The van der Waals surface area contributed by atoms with Gasteiger partial charge < -0.3 is 31.9 Å². The molecule has 0 atom stereocenters. The number of hydrogen-bond donors (Lipinski definition) is 6. The second-order valence-corrected chi connectivity index (χ2v) is 9.00. The minimum Gasteiger partial charge on any atom is -0.368 e. The summed E-state index contributed by atoms with van der Waals surface area (Å²) in [4.78, 5) is 33.0. The Morgan fingerprint density at radius 3 is 1.41 bits per heavy atom. The predicted octanol–water partition coefficient (Wildman–Crippen LogP) is 3.28. The number of aliphatic imine (C=N–C) groups is 2. The van der Waals surface area contributed by atoms with Gasteiger partial charge in [0.1, 0.15) is 11.7 Å².